The van der Waals surface area contributed by atoms with Gasteiger partial charge in [-0.25, -0.2) is 4.98 Å². The van der Waals surface area contributed by atoms with E-state index in [0.29, 0.717) is 29.4 Å². The first-order valence-corrected chi connectivity index (χ1v) is 12.6. The number of pyridine rings is 2. The summed E-state index contributed by atoms with van der Waals surface area (Å²) >= 11 is 3.75. The summed E-state index contributed by atoms with van der Waals surface area (Å²) in [6.07, 6.45) is 5.56. The van der Waals surface area contributed by atoms with Crippen LogP contribution in [0, 0.1) is 5.92 Å². The van der Waals surface area contributed by atoms with E-state index in [2.05, 4.69) is 37.7 Å². The highest BCUT2D eigenvalue weighted by atomic mass is 32.2. The van der Waals surface area contributed by atoms with Crippen LogP contribution in [0.4, 0.5) is 5.69 Å². The van der Waals surface area contributed by atoms with Crippen LogP contribution < -0.4 is 10.1 Å². The Morgan fingerprint density at radius 1 is 1.35 bits per heavy atom. The molecule has 8 heteroatoms. The normalized spacial score (nSPS) is 17.0. The zero-order chi connectivity index (χ0) is 21.5. The van der Waals surface area contributed by atoms with Crippen LogP contribution in [0.3, 0.4) is 0 Å². The number of anilines is 1. The number of amides is 1. The van der Waals surface area contributed by atoms with Crippen LogP contribution in [-0.4, -0.2) is 53.3 Å². The quantitative estimate of drug-likeness (QED) is 0.461. The fraction of sp³-hybridized carbons (Fsp3) is 0.435. The SMILES string of the molecule is COc1ccc2nccc(NC(=O)CCC3CCCN(CCSc4cccs4)C3)c2n1. The average molecular weight is 457 g/mol. The van der Waals surface area contributed by atoms with Gasteiger partial charge in [0.15, 0.2) is 0 Å². The van der Waals surface area contributed by atoms with Gasteiger partial charge in [-0.15, -0.1) is 23.1 Å². The van der Waals surface area contributed by atoms with Gasteiger partial charge in [-0.3, -0.25) is 9.78 Å². The van der Waals surface area contributed by atoms with E-state index >= 15 is 0 Å². The van der Waals surface area contributed by atoms with Crippen molar-refractivity contribution in [2.45, 2.75) is 29.9 Å². The molecule has 1 saturated heterocycles. The predicted molar refractivity (Wildman–Crippen MR) is 128 cm³/mol. The summed E-state index contributed by atoms with van der Waals surface area (Å²) in [7, 11) is 1.58. The molecule has 0 aromatic carbocycles. The molecule has 3 aromatic rings. The van der Waals surface area contributed by atoms with Gasteiger partial charge in [0.2, 0.25) is 11.8 Å². The number of fused-ring (bicyclic) bond motifs is 1. The lowest BCUT2D eigenvalue weighted by molar-refractivity contribution is -0.116. The summed E-state index contributed by atoms with van der Waals surface area (Å²) in [6.45, 7) is 3.38. The average Bonchev–Trinajstić information content (AvgIpc) is 3.31. The molecule has 1 fully saturated rings. The molecule has 0 bridgehead atoms. The third-order valence-electron chi connectivity index (χ3n) is 5.57. The lowest BCUT2D eigenvalue weighted by atomic mass is 9.93. The molecule has 1 aliphatic heterocycles. The molecular weight excluding hydrogens is 428 g/mol. The number of aromatic nitrogens is 2. The van der Waals surface area contributed by atoms with Gasteiger partial charge in [-0.05, 0) is 55.3 Å². The van der Waals surface area contributed by atoms with E-state index < -0.39 is 0 Å². The van der Waals surface area contributed by atoms with Crippen molar-refractivity contribution in [1.82, 2.24) is 14.9 Å². The zero-order valence-electron chi connectivity index (χ0n) is 17.8. The maximum Gasteiger partial charge on any atom is 0.224 e. The van der Waals surface area contributed by atoms with Crippen LogP contribution in [0.5, 0.6) is 5.88 Å². The zero-order valence-corrected chi connectivity index (χ0v) is 19.4. The number of hydrogen-bond donors (Lipinski definition) is 1. The van der Waals surface area contributed by atoms with Gasteiger partial charge in [0.25, 0.3) is 0 Å². The lowest BCUT2D eigenvalue weighted by Gasteiger charge is -2.32. The van der Waals surface area contributed by atoms with Crippen molar-refractivity contribution >= 4 is 45.7 Å². The van der Waals surface area contributed by atoms with Crippen LogP contribution in [0.15, 0.2) is 46.1 Å². The van der Waals surface area contributed by atoms with Gasteiger partial charge < -0.3 is 15.0 Å². The van der Waals surface area contributed by atoms with Crippen molar-refractivity contribution in [3.8, 4) is 5.88 Å². The number of nitrogens with zero attached hydrogens (tertiary/aromatic N) is 3. The van der Waals surface area contributed by atoms with E-state index in [9.17, 15) is 4.79 Å². The van der Waals surface area contributed by atoms with Gasteiger partial charge in [0.05, 0.1) is 22.5 Å². The Hall–Kier alpha value is -2.16. The molecule has 1 unspecified atom stereocenters. The molecule has 0 aliphatic carbocycles. The molecule has 164 valence electrons. The minimum atomic E-state index is 0.0301. The van der Waals surface area contributed by atoms with Crippen molar-refractivity contribution in [2.75, 3.05) is 37.8 Å². The Balaban J connectivity index is 1.25. The van der Waals surface area contributed by atoms with Gasteiger partial charge in [-0.2, -0.15) is 0 Å². The van der Waals surface area contributed by atoms with Crippen LogP contribution in [0.1, 0.15) is 25.7 Å². The van der Waals surface area contributed by atoms with Crippen LogP contribution >= 0.6 is 23.1 Å². The number of thiophene rings is 1. The van der Waals surface area contributed by atoms with E-state index in [1.807, 2.05) is 29.2 Å². The summed E-state index contributed by atoms with van der Waals surface area (Å²) in [5.74, 6) is 2.25. The summed E-state index contributed by atoms with van der Waals surface area (Å²) in [6, 6.07) is 9.71. The fourth-order valence-corrected chi connectivity index (χ4v) is 5.84. The molecule has 1 N–H and O–H groups in total. The second-order valence-electron chi connectivity index (χ2n) is 7.76. The second-order valence-corrected chi connectivity index (χ2v) is 10.1. The van der Waals surface area contributed by atoms with Gasteiger partial charge in [-0.1, -0.05) is 6.07 Å². The van der Waals surface area contributed by atoms with Gasteiger partial charge in [0.1, 0.15) is 5.52 Å². The molecule has 31 heavy (non-hydrogen) atoms. The monoisotopic (exact) mass is 456 g/mol. The number of methoxy groups -OCH3 is 1. The molecule has 0 saturated carbocycles. The Labute approximate surface area is 191 Å². The molecule has 1 amide bonds. The minimum Gasteiger partial charge on any atom is -0.481 e. The molecule has 3 aromatic heterocycles. The van der Waals surface area contributed by atoms with Crippen molar-refractivity contribution < 1.29 is 9.53 Å². The highest BCUT2D eigenvalue weighted by Gasteiger charge is 2.20. The smallest absolute Gasteiger partial charge is 0.224 e. The standard InChI is InChI=1S/C23H28N4O2S2/c1-29-21-9-7-18-23(26-21)19(10-11-24-18)25-20(28)8-6-17-4-2-12-27(16-17)13-15-31-22-5-3-14-30-22/h3,5,7,9-11,14,17H,2,4,6,8,12-13,15-16H2,1H3,(H,24,25,28). The van der Waals surface area contributed by atoms with Gasteiger partial charge in [0, 0.05) is 37.5 Å². The molecule has 0 radical (unpaired) electrons. The lowest BCUT2D eigenvalue weighted by Crippen LogP contribution is -2.37. The van der Waals surface area contributed by atoms with Crippen molar-refractivity contribution in [3.05, 3.63) is 41.9 Å². The van der Waals surface area contributed by atoms with E-state index in [1.165, 1.54) is 23.6 Å². The summed E-state index contributed by atoms with van der Waals surface area (Å²) in [5.41, 5.74) is 2.08. The van der Waals surface area contributed by atoms with Crippen LogP contribution in [-0.2, 0) is 4.79 Å². The minimum absolute atomic E-state index is 0.0301. The molecule has 4 heterocycles. The van der Waals surface area contributed by atoms with E-state index in [1.54, 1.807) is 25.4 Å². The number of carbonyl (C=O) groups excluding carboxylic acids is 1. The first-order valence-electron chi connectivity index (χ1n) is 10.7. The van der Waals surface area contributed by atoms with Crippen LogP contribution in [0.25, 0.3) is 11.0 Å². The summed E-state index contributed by atoms with van der Waals surface area (Å²) in [5, 5.41) is 5.15. The molecule has 4 rings (SSSR count). The highest BCUT2D eigenvalue weighted by molar-refractivity contribution is 8.01. The van der Waals surface area contributed by atoms with Gasteiger partial charge >= 0.3 is 0 Å². The van der Waals surface area contributed by atoms with Crippen molar-refractivity contribution in [2.24, 2.45) is 5.92 Å². The maximum atomic E-state index is 12.6. The maximum absolute atomic E-state index is 12.6. The number of rotatable bonds is 9. The first-order chi connectivity index (χ1) is 15.2. The Morgan fingerprint density at radius 3 is 3.13 bits per heavy atom. The third kappa shape index (κ3) is 6.18. The number of thioether (sulfide) groups is 1. The number of hydrogen-bond acceptors (Lipinski definition) is 7. The Morgan fingerprint density at radius 2 is 2.29 bits per heavy atom. The predicted octanol–water partition coefficient (Wildman–Crippen LogP) is 4.92. The largest absolute Gasteiger partial charge is 0.481 e. The second kappa shape index (κ2) is 10.9. The third-order valence-corrected chi connectivity index (χ3v) is 7.68. The van der Waals surface area contributed by atoms with E-state index in [4.69, 9.17) is 4.74 Å². The molecule has 6 nitrogen and oxygen atoms in total. The molecule has 1 aliphatic rings. The summed E-state index contributed by atoms with van der Waals surface area (Å²) in [4.78, 5) is 23.9. The summed E-state index contributed by atoms with van der Waals surface area (Å²) < 4.78 is 6.60. The van der Waals surface area contributed by atoms with E-state index in [0.717, 1.165) is 30.8 Å². The Bertz CT molecular complexity index is 996. The first kappa shape index (κ1) is 22.0. The van der Waals surface area contributed by atoms with Crippen molar-refractivity contribution in [3.63, 3.8) is 0 Å². The Kier molecular flexibility index (Phi) is 7.77. The number of likely N-dealkylation sites (tertiary alicyclic amines) is 1. The van der Waals surface area contributed by atoms with Crippen LogP contribution in [0.2, 0.25) is 0 Å². The molecule has 0 spiro atoms. The number of carbonyl (C=O) groups is 1. The highest BCUT2D eigenvalue weighted by Crippen LogP contribution is 2.26. The number of ether oxygens (including phenoxy) is 1. The molecular formula is C23H28N4O2S2. The number of piperidine rings is 1. The topological polar surface area (TPSA) is 67.3 Å². The number of nitrogens with one attached hydrogen (secondary N) is 1. The molecule has 1 atom stereocenters. The van der Waals surface area contributed by atoms with E-state index in [-0.39, 0.29) is 5.91 Å². The fourth-order valence-electron chi connectivity index (χ4n) is 3.98. The van der Waals surface area contributed by atoms with Crippen molar-refractivity contribution in [1.29, 1.82) is 0 Å².